The van der Waals surface area contributed by atoms with Gasteiger partial charge in [-0.2, -0.15) is 109 Å². The molecule has 825 valence electrons. The Morgan fingerprint density at radius 1 is 0.345 bits per heavy atom. The molecule has 7 aromatic rings. The zero-order valence-corrected chi connectivity index (χ0v) is 86.2. The van der Waals surface area contributed by atoms with Crippen LogP contribution in [0.15, 0.2) is 166 Å². The Hall–Kier alpha value is -9.28. The number of sulfonamides is 6. The number of carbonyl (C=O) groups excluding carboxylic acids is 2. The maximum absolute atomic E-state index is 12.7. The van der Waals surface area contributed by atoms with Crippen LogP contribution in [0.2, 0.25) is 0 Å². The third-order valence-corrected chi connectivity index (χ3v) is 32.3. The minimum Gasteiger partial charge on any atom is -0.813 e. The molecule has 1 radical (unpaired) electrons. The molecule has 148 heavy (non-hydrogen) atoms. The Balaban J connectivity index is 0.000000304. The number of halogens is 18. The molecular formula is C88H115F18N20O14S7V-. The van der Waals surface area contributed by atoms with Crippen LogP contribution in [-0.4, -0.2) is 255 Å². The van der Waals surface area contributed by atoms with Gasteiger partial charge in [0, 0.05) is 225 Å². The first kappa shape index (κ1) is 129. The van der Waals surface area contributed by atoms with E-state index in [1.165, 1.54) is 105 Å². The minimum atomic E-state index is -4.39. The number of fused-ring (bicyclic) bond motifs is 5. The monoisotopic (exact) mass is 2290 g/mol. The molecule has 0 amide bonds. The number of carbonyl (C=O) groups is 2. The molecule has 6 aromatic carbocycles. The number of hydrogen-bond acceptors (Lipinski definition) is 28. The van der Waals surface area contributed by atoms with Gasteiger partial charge in [-0.15, -0.1) is 0 Å². The van der Waals surface area contributed by atoms with E-state index in [4.69, 9.17) is 0 Å². The maximum Gasteiger partial charge on any atom is 0.416 e. The zero-order valence-electron chi connectivity index (χ0n) is 79.0. The van der Waals surface area contributed by atoms with Crippen molar-refractivity contribution in [2.75, 3.05) is 124 Å². The number of nitrogens with zero attached hydrogens (tertiary/aromatic N) is 13. The number of nitrogens with two attached hydrogens (primary N) is 4. The van der Waals surface area contributed by atoms with E-state index in [0.717, 1.165) is 132 Å². The van der Waals surface area contributed by atoms with Gasteiger partial charge in [0.2, 0.25) is 60.1 Å². The predicted molar refractivity (Wildman–Crippen MR) is 521 cm³/mol. The van der Waals surface area contributed by atoms with Gasteiger partial charge >= 0.3 is 37.1 Å². The third kappa shape index (κ3) is 34.4. The number of aromatic amines is 1. The summed E-state index contributed by atoms with van der Waals surface area (Å²) in [6.07, 6.45) is -15.4. The number of benzene rings is 6. The molecule has 34 nitrogen and oxygen atoms in total. The number of nitrogens with one attached hydrogen (secondary N) is 3. The predicted octanol–water partition coefficient (Wildman–Crippen LogP) is 11.8. The Kier molecular flexibility index (Phi) is 45.3. The molecule has 10 aliphatic heterocycles. The van der Waals surface area contributed by atoms with Crippen molar-refractivity contribution >= 4 is 109 Å². The van der Waals surface area contributed by atoms with Crippen LogP contribution in [0.4, 0.5) is 79.0 Å². The minimum absolute atomic E-state index is 0. The SMILES string of the molecule is C.C.CN1N=C2CCN(S(C)(=O)=O)C[C@H]2[C@@H]1c1ccc(C(F)(F)F)cc1.CN1N=C2CCN(S(C)(=O)=O)C[C@H]2[C@H]1c1ccc(C(F)(F)F)cc1.CS(=O)(=O)N1CCC(=O)CC1.CS(=O)(=O)N1CCC2=NN[C@@H](c3ccc(C(F)(F)F)cc3)[C@@H]2C1.CS(=O)(=O)N1CCC2=NN[C@H](c3ccc(C(F)(F)F)cc3)[C@@H]2C1.CS(=O)(=O)N1CCc2[nH]nc(-c3ccc(C(F)(F)F)cc3)c2C1.NN.NN.O=Cc1ccc(C(F)(F)F)cc1.[SH-].[V]. The van der Waals surface area contributed by atoms with Gasteiger partial charge in [-0.25, -0.2) is 72.0 Å². The van der Waals surface area contributed by atoms with E-state index in [1.807, 2.05) is 0 Å². The van der Waals surface area contributed by atoms with Gasteiger partial charge in [0.1, 0.15) is 12.1 Å². The number of hydrogen-bond donors (Lipinski definition) is 7. The summed E-state index contributed by atoms with van der Waals surface area (Å²) in [7, 11) is -16.1. The van der Waals surface area contributed by atoms with Crippen LogP contribution in [0, 0.1) is 23.7 Å². The average molecular weight is 2290 g/mol. The summed E-state index contributed by atoms with van der Waals surface area (Å²) in [6.45, 7) is 3.97. The summed E-state index contributed by atoms with van der Waals surface area (Å²) in [5.41, 5.74) is 10.6. The maximum atomic E-state index is 12.7. The summed E-state index contributed by atoms with van der Waals surface area (Å²) in [5.74, 6) is 15.6. The third-order valence-electron chi connectivity index (χ3n) is 24.6. The molecule has 60 heteroatoms. The summed E-state index contributed by atoms with van der Waals surface area (Å²) >= 11 is 0. The van der Waals surface area contributed by atoms with Gasteiger partial charge in [0.25, 0.3) is 0 Å². The zero-order chi connectivity index (χ0) is 108. The molecule has 5 fully saturated rings. The van der Waals surface area contributed by atoms with Gasteiger partial charge in [0.05, 0.1) is 101 Å². The van der Waals surface area contributed by atoms with Crippen LogP contribution in [0.1, 0.15) is 155 Å². The number of ketones is 1. The second-order valence-corrected chi connectivity index (χ2v) is 46.3. The number of hydrazine groups is 2. The molecule has 10 aliphatic rings. The summed E-state index contributed by atoms with van der Waals surface area (Å²) < 4.78 is 373. The molecule has 1 aromatic heterocycles. The number of rotatable bonds is 12. The van der Waals surface area contributed by atoms with Crippen LogP contribution < -0.4 is 34.2 Å². The molecular weight excluding hydrogens is 2180 g/mol. The van der Waals surface area contributed by atoms with E-state index in [9.17, 15) is 139 Å². The summed E-state index contributed by atoms with van der Waals surface area (Å²) in [6, 6.07) is 27.4. The number of aromatic nitrogens is 2. The standard InChI is InChI=1S/2C15H18F3N3O2S.2C14H16F3N3O2S.C14H14F3N3O2S.C8H5F3O.C6H11NO3S.2CH4.2H4N2.H2S.V/c2*1-20-14(10-3-5-11(6-4-10)15(16,17)18)12-9-21(24(2,22)23)8-7-13(12)19-20;3*1-23(21,22)20-7-6-12-11(8-20)13(19-18-12)9-2-4-10(5-3-9)14(15,16)17;9-8(10,11)7-3-1-6(5-12)2-4-7;1-11(9,10)7-4-2-6(8)3-5-7;;;2*1-2;;/h2*3-6,12,14H,7-9H2,1-2H3;2*2-5,11,13,19H,6-8H2,1H3;2-5H,6-8H2,1H3,(H,18,19);1-5H;2-5H2,1H3;2*1H4;2*1-2H2;1H2;/p-1/t12-,14+;12-,14-;11-,13+;11-,13-;;;;;;;;;/m1111........./s1. The van der Waals surface area contributed by atoms with Gasteiger partial charge in [-0.1, -0.05) is 87.6 Å². The molecule has 0 aliphatic carbocycles. The molecule has 0 bridgehead atoms. The van der Waals surface area contributed by atoms with Crippen LogP contribution in [0.25, 0.3) is 11.3 Å². The van der Waals surface area contributed by atoms with E-state index in [-0.39, 0.29) is 126 Å². The van der Waals surface area contributed by atoms with Crippen molar-refractivity contribution in [3.8, 4) is 11.3 Å². The van der Waals surface area contributed by atoms with E-state index >= 15 is 0 Å². The van der Waals surface area contributed by atoms with Crippen molar-refractivity contribution in [1.29, 1.82) is 0 Å². The van der Waals surface area contributed by atoms with Gasteiger partial charge in [0.15, 0.2) is 0 Å². The van der Waals surface area contributed by atoms with Crippen LogP contribution in [-0.2, 0) is 147 Å². The van der Waals surface area contributed by atoms with Crippen molar-refractivity contribution in [2.24, 2.45) is 67.4 Å². The number of hydrazone groups is 4. The quantitative estimate of drug-likeness (QED) is 0.0149. The van der Waals surface area contributed by atoms with Crippen molar-refractivity contribution in [3.05, 3.63) is 218 Å². The van der Waals surface area contributed by atoms with E-state index in [2.05, 4.69) is 64.8 Å². The Labute approximate surface area is 865 Å². The molecule has 8 atom stereocenters. The average Bonchev–Trinajstić information content (AvgIpc) is 1.57. The van der Waals surface area contributed by atoms with Crippen LogP contribution in [0.5, 0.6) is 0 Å². The largest absolute Gasteiger partial charge is 0.813 e. The van der Waals surface area contributed by atoms with E-state index in [0.29, 0.717) is 149 Å². The van der Waals surface area contributed by atoms with Crippen molar-refractivity contribution in [2.45, 2.75) is 128 Å². The normalized spacial score (nSPS) is 21.4. The molecule has 11 N–H and O–H groups in total. The summed E-state index contributed by atoms with van der Waals surface area (Å²) in [4.78, 5) is 20.8. The molecule has 0 saturated carbocycles. The Morgan fingerprint density at radius 3 is 0.872 bits per heavy atom. The van der Waals surface area contributed by atoms with Crippen molar-refractivity contribution in [1.82, 2.24) is 56.9 Å². The van der Waals surface area contributed by atoms with Gasteiger partial charge < -0.3 is 24.3 Å². The molecule has 0 unspecified atom stereocenters. The fraction of sp³-hybridized carbons (Fsp3) is 0.489. The number of piperidine rings is 5. The first-order chi connectivity index (χ1) is 66.7. The smallest absolute Gasteiger partial charge is 0.416 e. The summed E-state index contributed by atoms with van der Waals surface area (Å²) in [5, 5.41) is 27.8. The first-order valence-corrected chi connectivity index (χ1v) is 54.4. The first-order valence-electron chi connectivity index (χ1n) is 43.3. The van der Waals surface area contributed by atoms with E-state index < -0.39 is 131 Å². The van der Waals surface area contributed by atoms with Gasteiger partial charge in [-0.05, 0) is 95.1 Å². The molecule has 5 saturated heterocycles. The van der Waals surface area contributed by atoms with Crippen LogP contribution in [0.3, 0.4) is 0 Å². The second kappa shape index (κ2) is 51.9. The topological polar surface area (TPSA) is 471 Å². The van der Waals surface area contributed by atoms with Crippen molar-refractivity contribution in [3.63, 3.8) is 0 Å². The number of alkyl halides is 18. The van der Waals surface area contributed by atoms with Crippen molar-refractivity contribution < 1.29 is 158 Å². The van der Waals surface area contributed by atoms with E-state index in [1.54, 1.807) is 24.1 Å². The molecule has 11 heterocycles. The Bertz CT molecular complexity index is 6220. The number of H-pyrrole nitrogens is 1. The number of Topliss-reactive ketones (excluding diaryl/α,β-unsaturated/α-hetero) is 1. The number of thiol groups is 1. The Morgan fingerprint density at radius 2 is 0.595 bits per heavy atom. The fourth-order valence-corrected chi connectivity index (χ4v) is 22.3. The van der Waals surface area contributed by atoms with Gasteiger partial charge in [-0.3, -0.25) is 48.1 Å². The fourth-order valence-electron chi connectivity index (χ4n) is 17.2. The van der Waals surface area contributed by atoms with Crippen LogP contribution >= 0.6 is 0 Å². The molecule has 0 spiro atoms. The number of aldehydes is 1. The molecule has 17 rings (SSSR count). The second-order valence-electron chi connectivity index (χ2n) is 34.4.